The van der Waals surface area contributed by atoms with Crippen molar-refractivity contribution in [3.63, 3.8) is 0 Å². The van der Waals surface area contributed by atoms with Crippen LogP contribution >= 0.6 is 23.1 Å². The molecule has 9 nitrogen and oxygen atoms in total. The van der Waals surface area contributed by atoms with E-state index in [1.807, 2.05) is 13.0 Å². The van der Waals surface area contributed by atoms with E-state index >= 15 is 0 Å². The molecule has 5 rings (SSSR count). The van der Waals surface area contributed by atoms with Gasteiger partial charge in [0.05, 0.1) is 17.9 Å². The Morgan fingerprint density at radius 3 is 2.57 bits per heavy atom. The number of aryl methyl sites for hydroxylation is 1. The van der Waals surface area contributed by atoms with E-state index in [9.17, 15) is 24.8 Å². The number of nitriles is 1. The lowest BCUT2D eigenvalue weighted by molar-refractivity contribution is -0.116. The summed E-state index contributed by atoms with van der Waals surface area (Å²) in [5.74, 6) is -0.930. The molecule has 1 aromatic heterocycles. The Bertz CT molecular complexity index is 1860. The van der Waals surface area contributed by atoms with E-state index in [-0.39, 0.29) is 17.4 Å². The molecule has 0 bridgehead atoms. The maximum atomic E-state index is 13.6. The number of nitrogens with one attached hydrogen (secondary N) is 3. The Morgan fingerprint density at radius 1 is 1.04 bits per heavy atom. The van der Waals surface area contributed by atoms with E-state index in [4.69, 9.17) is 4.74 Å². The van der Waals surface area contributed by atoms with E-state index in [0.29, 0.717) is 39.5 Å². The van der Waals surface area contributed by atoms with Crippen LogP contribution in [0.25, 0.3) is 6.08 Å². The molecule has 0 fully saturated rings. The number of methoxy groups -OCH3 is 1. The predicted octanol–water partition coefficient (Wildman–Crippen LogP) is 7.13. The highest BCUT2D eigenvalue weighted by Crippen LogP contribution is 2.38. The number of thioether (sulfide) groups is 1. The van der Waals surface area contributed by atoms with Crippen molar-refractivity contribution in [3.05, 3.63) is 106 Å². The number of ether oxygens (including phenoxy) is 1. The van der Waals surface area contributed by atoms with Gasteiger partial charge >= 0.3 is 0 Å². The summed E-state index contributed by atoms with van der Waals surface area (Å²) < 4.78 is 5.37. The highest BCUT2D eigenvalue weighted by Gasteiger charge is 2.25. The second kappa shape index (κ2) is 15.5. The maximum Gasteiger partial charge on any atom is 0.272 e. The molecular weight excluding hydrogens is 633 g/mol. The van der Waals surface area contributed by atoms with Crippen LogP contribution in [0, 0.1) is 11.3 Å². The zero-order valence-electron chi connectivity index (χ0n) is 26.0. The summed E-state index contributed by atoms with van der Waals surface area (Å²) in [6, 6.07) is 22.4. The molecule has 1 unspecified atom stereocenters. The molecule has 4 aromatic rings. The predicted molar refractivity (Wildman–Crippen MR) is 186 cm³/mol. The van der Waals surface area contributed by atoms with Gasteiger partial charge in [-0.15, -0.1) is 23.1 Å². The normalized spacial score (nSPS) is 13.1. The van der Waals surface area contributed by atoms with E-state index < -0.39 is 17.1 Å². The van der Waals surface area contributed by atoms with E-state index in [2.05, 4.69) is 22.0 Å². The van der Waals surface area contributed by atoms with Crippen molar-refractivity contribution >= 4 is 57.6 Å². The monoisotopic (exact) mass is 666 g/mol. The molecule has 0 saturated heterocycles. The van der Waals surface area contributed by atoms with Gasteiger partial charge in [0.2, 0.25) is 5.91 Å². The number of phenols is 1. The molecule has 1 atom stereocenters. The third kappa shape index (κ3) is 8.22. The number of carbonyl (C=O) groups is 3. The summed E-state index contributed by atoms with van der Waals surface area (Å²) in [6.07, 6.45) is 5.96. The molecule has 0 radical (unpaired) electrons. The third-order valence-electron chi connectivity index (χ3n) is 7.60. The number of rotatable bonds is 11. The average Bonchev–Trinajstić information content (AvgIpc) is 3.44. The van der Waals surface area contributed by atoms with Gasteiger partial charge in [0, 0.05) is 32.7 Å². The van der Waals surface area contributed by atoms with Gasteiger partial charge in [-0.25, -0.2) is 0 Å². The summed E-state index contributed by atoms with van der Waals surface area (Å²) >= 11 is 2.87. The molecule has 3 amide bonds. The van der Waals surface area contributed by atoms with Gasteiger partial charge in [-0.1, -0.05) is 31.2 Å². The number of phenolic OH excluding ortho intramolecular Hbond substituents is 1. The number of carbonyl (C=O) groups excluding carboxylic acids is 3. The first-order chi connectivity index (χ1) is 22.8. The molecule has 1 aliphatic rings. The number of fused-ring (bicyclic) bond motifs is 1. The fourth-order valence-electron chi connectivity index (χ4n) is 5.21. The fraction of sp³-hybridized carbons (Fsp3) is 0.222. The smallest absolute Gasteiger partial charge is 0.272 e. The molecule has 0 spiro atoms. The van der Waals surface area contributed by atoms with Crippen molar-refractivity contribution in [2.75, 3.05) is 17.7 Å². The van der Waals surface area contributed by atoms with Crippen LogP contribution in [-0.2, 0) is 22.4 Å². The van der Waals surface area contributed by atoms with Gasteiger partial charge in [-0.05, 0) is 86.2 Å². The average molecular weight is 667 g/mol. The Balaban J connectivity index is 1.33. The van der Waals surface area contributed by atoms with E-state index in [0.717, 1.165) is 36.1 Å². The summed E-state index contributed by atoms with van der Waals surface area (Å²) in [6.45, 7) is 1.93. The fourth-order valence-corrected chi connectivity index (χ4v) is 7.47. The number of nitrogens with zero attached hydrogens (tertiary/aromatic N) is 1. The molecule has 4 N–H and O–H groups in total. The minimum Gasteiger partial charge on any atom is -0.508 e. The highest BCUT2D eigenvalue weighted by atomic mass is 32.2. The maximum absolute atomic E-state index is 13.6. The van der Waals surface area contributed by atoms with Gasteiger partial charge < -0.3 is 25.8 Å². The summed E-state index contributed by atoms with van der Waals surface area (Å²) in [5.41, 5.74) is 2.91. The molecule has 3 aromatic carbocycles. The van der Waals surface area contributed by atoms with Crippen LogP contribution in [0.3, 0.4) is 0 Å². The first-order valence-electron chi connectivity index (χ1n) is 15.2. The Kier molecular flexibility index (Phi) is 11.0. The number of aromatic hydroxyl groups is 1. The number of anilines is 2. The van der Waals surface area contributed by atoms with Gasteiger partial charge in [-0.2, -0.15) is 5.26 Å². The molecule has 0 aliphatic heterocycles. The minimum absolute atomic E-state index is 0.00767. The summed E-state index contributed by atoms with van der Waals surface area (Å²) in [5, 5.41) is 28.4. The molecule has 47 heavy (non-hydrogen) atoms. The topological polar surface area (TPSA) is 141 Å². The Hall–Kier alpha value is -5.05. The first-order valence-corrected chi connectivity index (χ1v) is 16.9. The van der Waals surface area contributed by atoms with Crippen molar-refractivity contribution in [1.29, 1.82) is 5.26 Å². The lowest BCUT2D eigenvalue weighted by Gasteiger charge is -2.16. The molecular formula is C36H34N4O5S2. The van der Waals surface area contributed by atoms with Crippen LogP contribution < -0.4 is 20.7 Å². The van der Waals surface area contributed by atoms with E-state index in [1.54, 1.807) is 54.6 Å². The molecule has 0 saturated carbocycles. The molecule has 1 aliphatic carbocycles. The largest absolute Gasteiger partial charge is 0.508 e. The second-order valence-corrected chi connectivity index (χ2v) is 13.2. The highest BCUT2D eigenvalue weighted by molar-refractivity contribution is 8.00. The van der Waals surface area contributed by atoms with Crippen molar-refractivity contribution in [1.82, 2.24) is 5.32 Å². The first kappa shape index (κ1) is 33.3. The van der Waals surface area contributed by atoms with Crippen LogP contribution in [0.2, 0.25) is 0 Å². The van der Waals surface area contributed by atoms with Gasteiger partial charge in [0.25, 0.3) is 11.8 Å². The van der Waals surface area contributed by atoms with Crippen molar-refractivity contribution in [2.24, 2.45) is 0 Å². The lowest BCUT2D eigenvalue weighted by Crippen LogP contribution is -2.30. The zero-order chi connectivity index (χ0) is 33.3. The van der Waals surface area contributed by atoms with Gasteiger partial charge in [0.1, 0.15) is 28.3 Å². The SMILES string of the molecule is CCC(Sc1cccc(NC(=O)/C(=C\c2ccc(O)cc2OC)NC(=O)c2ccccc2)c1)C(=O)Nc1sc2c(c1C#N)CCCC2. The van der Waals surface area contributed by atoms with Gasteiger partial charge in [0.15, 0.2) is 0 Å². The molecule has 11 heteroatoms. The zero-order valence-corrected chi connectivity index (χ0v) is 27.6. The van der Waals surface area contributed by atoms with Crippen molar-refractivity contribution in [3.8, 4) is 17.6 Å². The Morgan fingerprint density at radius 2 is 1.83 bits per heavy atom. The molecule has 1 heterocycles. The second-order valence-electron chi connectivity index (χ2n) is 10.8. The number of thiophene rings is 1. The third-order valence-corrected chi connectivity index (χ3v) is 10.2. The number of hydrogen-bond donors (Lipinski definition) is 4. The minimum atomic E-state index is -0.581. The van der Waals surface area contributed by atoms with Crippen LogP contribution in [0.1, 0.15) is 58.1 Å². The quantitative estimate of drug-likeness (QED) is 0.0986. The van der Waals surface area contributed by atoms with Crippen LogP contribution in [-0.4, -0.2) is 35.2 Å². The van der Waals surface area contributed by atoms with E-state index in [1.165, 1.54) is 53.3 Å². The van der Waals surface area contributed by atoms with Crippen LogP contribution in [0.15, 0.2) is 83.4 Å². The number of benzene rings is 3. The summed E-state index contributed by atoms with van der Waals surface area (Å²) in [7, 11) is 1.44. The van der Waals surface area contributed by atoms with Gasteiger partial charge in [-0.3, -0.25) is 14.4 Å². The van der Waals surface area contributed by atoms with Crippen LogP contribution in [0.4, 0.5) is 10.7 Å². The summed E-state index contributed by atoms with van der Waals surface area (Å²) in [4.78, 5) is 42.0. The standard InChI is InChI=1S/C36H34N4O5S2/c1-3-31(35(44)40-36-28(21-37)27-14-7-8-15-32(27)47-36)46-26-13-9-12-24(19-26)38-34(43)29(39-33(42)22-10-5-4-6-11-22)18-23-16-17-25(41)20-30(23)45-2/h4-6,9-13,16-20,31,41H,3,7-8,14-15H2,1-2H3,(H,38,43)(H,39,42)(H,40,44)/b29-18+. The van der Waals surface area contributed by atoms with Crippen LogP contribution in [0.5, 0.6) is 11.5 Å². The van der Waals surface area contributed by atoms with Crippen molar-refractivity contribution < 1.29 is 24.2 Å². The Labute approximate surface area is 281 Å². The molecule has 240 valence electrons. The van der Waals surface area contributed by atoms with Crippen molar-refractivity contribution in [2.45, 2.75) is 49.2 Å². The number of hydrogen-bond acceptors (Lipinski definition) is 8. The number of amides is 3. The lowest BCUT2D eigenvalue weighted by atomic mass is 9.96.